The van der Waals surface area contributed by atoms with E-state index in [1.165, 1.54) is 17.4 Å². The Kier molecular flexibility index (Phi) is 8.05. The number of para-hydroxylation sites is 2. The molecule has 224 valence electrons. The van der Waals surface area contributed by atoms with Gasteiger partial charge in [0.05, 0.1) is 29.5 Å². The third-order valence-electron chi connectivity index (χ3n) is 8.14. The highest BCUT2D eigenvalue weighted by molar-refractivity contribution is 7.07. The van der Waals surface area contributed by atoms with Crippen LogP contribution in [-0.2, 0) is 11.3 Å². The molecule has 7 nitrogen and oxygen atoms in total. The average molecular weight is 609 g/mol. The Bertz CT molecular complexity index is 2100. The zero-order valence-corrected chi connectivity index (χ0v) is 25.9. The van der Waals surface area contributed by atoms with E-state index in [0.717, 1.165) is 16.5 Å². The summed E-state index contributed by atoms with van der Waals surface area (Å²) >= 11 is 1.29. The molecular weight excluding hydrogens is 575 g/mol. The van der Waals surface area contributed by atoms with E-state index in [0.29, 0.717) is 57.1 Å². The van der Waals surface area contributed by atoms with Crippen LogP contribution in [-0.4, -0.2) is 40.1 Å². The minimum atomic E-state index is -0.708. The zero-order valence-electron chi connectivity index (χ0n) is 25.1. The molecule has 0 spiro atoms. The summed E-state index contributed by atoms with van der Waals surface area (Å²) in [4.78, 5) is 35.3. The van der Waals surface area contributed by atoms with Crippen LogP contribution in [0.4, 0.5) is 4.39 Å². The molecular formula is C35H33FN4O3S. The third kappa shape index (κ3) is 5.07. The normalized spacial score (nSPS) is 14.9. The van der Waals surface area contributed by atoms with Crippen LogP contribution in [0, 0.1) is 5.82 Å². The second-order valence-corrected chi connectivity index (χ2v) is 11.6. The molecule has 3 heterocycles. The van der Waals surface area contributed by atoms with Crippen LogP contribution in [0.2, 0.25) is 0 Å². The van der Waals surface area contributed by atoms with Crippen molar-refractivity contribution in [3.05, 3.63) is 132 Å². The Balaban J connectivity index is 1.54. The second-order valence-electron chi connectivity index (χ2n) is 10.6. The molecule has 9 heteroatoms. The van der Waals surface area contributed by atoms with Gasteiger partial charge in [0.25, 0.3) is 11.5 Å². The lowest BCUT2D eigenvalue weighted by Gasteiger charge is -2.29. The number of aromatic nitrogens is 2. The van der Waals surface area contributed by atoms with Crippen molar-refractivity contribution in [1.29, 1.82) is 0 Å². The van der Waals surface area contributed by atoms with Gasteiger partial charge in [0, 0.05) is 46.9 Å². The van der Waals surface area contributed by atoms with Crippen molar-refractivity contribution < 1.29 is 13.9 Å². The number of likely N-dealkylation sites (N-methyl/N-ethyl adjacent to an activating group) is 1. The van der Waals surface area contributed by atoms with Gasteiger partial charge >= 0.3 is 0 Å². The van der Waals surface area contributed by atoms with Crippen LogP contribution in [0.3, 0.4) is 0 Å². The van der Waals surface area contributed by atoms with E-state index >= 15 is 0 Å². The van der Waals surface area contributed by atoms with E-state index in [4.69, 9.17) is 9.73 Å². The molecule has 0 saturated carbocycles. The number of methoxy groups -OCH3 is 1. The number of carbonyl (C=O) groups excluding carboxylic acids is 1. The maximum atomic E-state index is 14.5. The monoisotopic (exact) mass is 608 g/mol. The molecule has 1 atom stereocenters. The molecule has 0 aliphatic carbocycles. The summed E-state index contributed by atoms with van der Waals surface area (Å²) in [5.41, 5.74) is 3.86. The number of amides is 1. The van der Waals surface area contributed by atoms with Crippen molar-refractivity contribution in [3.8, 4) is 5.75 Å². The van der Waals surface area contributed by atoms with Gasteiger partial charge in [-0.25, -0.2) is 9.38 Å². The summed E-state index contributed by atoms with van der Waals surface area (Å²) in [5.74, 6) is 0.169. The van der Waals surface area contributed by atoms with Gasteiger partial charge in [-0.3, -0.25) is 14.2 Å². The number of ether oxygens (including phenoxy) is 1. The lowest BCUT2D eigenvalue weighted by Crippen LogP contribution is -2.43. The van der Waals surface area contributed by atoms with Crippen molar-refractivity contribution in [2.75, 3.05) is 20.2 Å². The molecule has 0 bridgehead atoms. The van der Waals surface area contributed by atoms with Gasteiger partial charge in [-0.05, 0) is 45.0 Å². The fourth-order valence-electron chi connectivity index (χ4n) is 5.94. The SMILES string of the molecule is CCN(CC)C(=O)C1=C(C)N=c2s/c(=C/c3cn(Cc4ccccc4F)c4ccccc34)c(=O)n2[C@@H]1c1ccccc1OC. The Morgan fingerprint density at radius 3 is 2.50 bits per heavy atom. The van der Waals surface area contributed by atoms with E-state index in [1.807, 2.05) is 92.2 Å². The number of allylic oxidation sites excluding steroid dienone is 1. The van der Waals surface area contributed by atoms with Crippen LogP contribution in [0.15, 0.2) is 100 Å². The highest BCUT2D eigenvalue weighted by Crippen LogP contribution is 2.36. The molecule has 5 aromatic rings. The molecule has 2 aromatic heterocycles. The molecule has 1 aliphatic heterocycles. The molecule has 44 heavy (non-hydrogen) atoms. The lowest BCUT2D eigenvalue weighted by atomic mass is 9.94. The first-order valence-corrected chi connectivity index (χ1v) is 15.4. The van der Waals surface area contributed by atoms with E-state index in [9.17, 15) is 14.0 Å². The molecule has 0 saturated heterocycles. The number of rotatable bonds is 8. The summed E-state index contributed by atoms with van der Waals surface area (Å²) in [5, 5.41) is 0.949. The topological polar surface area (TPSA) is 68.8 Å². The van der Waals surface area contributed by atoms with Crippen LogP contribution < -0.4 is 19.6 Å². The number of thiazole rings is 1. The number of carbonyl (C=O) groups is 1. The molecule has 0 N–H and O–H groups in total. The second kappa shape index (κ2) is 12.1. The summed E-state index contributed by atoms with van der Waals surface area (Å²) in [6.07, 6.45) is 3.82. The standard InChI is InChI=1S/C35H33FN4O3S/c1-5-38(6-2)34(42)31-22(3)37-35-40(32(31)26-15-9-12-18-29(26)43-4)33(41)30(44-35)19-24-21-39(28-17-11-8-14-25(24)28)20-23-13-7-10-16-27(23)36/h7-19,21,32H,5-6,20H2,1-4H3/b30-19+/t32-/m1/s1. The quantitative estimate of drug-likeness (QED) is 0.242. The van der Waals surface area contributed by atoms with Crippen LogP contribution in [0.5, 0.6) is 5.75 Å². The highest BCUT2D eigenvalue weighted by atomic mass is 32.1. The Hall–Kier alpha value is -4.76. The number of fused-ring (bicyclic) bond motifs is 2. The van der Waals surface area contributed by atoms with Crippen molar-refractivity contribution in [2.45, 2.75) is 33.4 Å². The summed E-state index contributed by atoms with van der Waals surface area (Å²) in [6, 6.07) is 21.4. The van der Waals surface area contributed by atoms with E-state index < -0.39 is 6.04 Å². The summed E-state index contributed by atoms with van der Waals surface area (Å²) in [6.45, 7) is 7.12. The Morgan fingerprint density at radius 2 is 1.75 bits per heavy atom. The van der Waals surface area contributed by atoms with Gasteiger partial charge in [-0.1, -0.05) is 65.9 Å². The van der Waals surface area contributed by atoms with E-state index in [-0.39, 0.29) is 17.3 Å². The Labute approximate surface area is 258 Å². The fraction of sp³-hybridized carbons (Fsp3) is 0.229. The first-order valence-electron chi connectivity index (χ1n) is 14.6. The van der Waals surface area contributed by atoms with Crippen molar-refractivity contribution in [2.24, 2.45) is 4.99 Å². The number of hydrogen-bond donors (Lipinski definition) is 0. The zero-order chi connectivity index (χ0) is 31.0. The maximum absolute atomic E-state index is 14.5. The number of hydrogen-bond acceptors (Lipinski definition) is 5. The van der Waals surface area contributed by atoms with E-state index in [2.05, 4.69) is 0 Å². The molecule has 1 amide bonds. The summed E-state index contributed by atoms with van der Waals surface area (Å²) < 4.78 is 24.4. The van der Waals surface area contributed by atoms with Gasteiger partial charge < -0.3 is 14.2 Å². The fourth-order valence-corrected chi connectivity index (χ4v) is 6.97. The molecule has 0 radical (unpaired) electrons. The molecule has 0 fully saturated rings. The van der Waals surface area contributed by atoms with Gasteiger partial charge in [-0.2, -0.15) is 0 Å². The van der Waals surface area contributed by atoms with Crippen molar-refractivity contribution >= 4 is 34.2 Å². The van der Waals surface area contributed by atoms with Gasteiger partial charge in [0.1, 0.15) is 17.6 Å². The average Bonchev–Trinajstić information content (AvgIpc) is 3.54. The molecule has 6 rings (SSSR count). The third-order valence-corrected chi connectivity index (χ3v) is 9.12. The van der Waals surface area contributed by atoms with Crippen LogP contribution in [0.25, 0.3) is 17.0 Å². The number of nitrogens with zero attached hydrogens (tertiary/aromatic N) is 4. The Morgan fingerprint density at radius 1 is 1.05 bits per heavy atom. The highest BCUT2D eigenvalue weighted by Gasteiger charge is 2.35. The minimum Gasteiger partial charge on any atom is -0.496 e. The maximum Gasteiger partial charge on any atom is 0.271 e. The van der Waals surface area contributed by atoms with E-state index in [1.54, 1.807) is 28.7 Å². The van der Waals surface area contributed by atoms with Crippen molar-refractivity contribution in [1.82, 2.24) is 14.0 Å². The first-order chi connectivity index (χ1) is 21.4. The van der Waals surface area contributed by atoms with Gasteiger partial charge in [0.15, 0.2) is 4.80 Å². The van der Waals surface area contributed by atoms with Crippen LogP contribution >= 0.6 is 11.3 Å². The van der Waals surface area contributed by atoms with Gasteiger partial charge in [0.2, 0.25) is 0 Å². The van der Waals surface area contributed by atoms with Crippen molar-refractivity contribution in [3.63, 3.8) is 0 Å². The smallest absolute Gasteiger partial charge is 0.271 e. The molecule has 1 aliphatic rings. The molecule has 3 aromatic carbocycles. The number of halogens is 1. The predicted molar refractivity (Wildman–Crippen MR) is 172 cm³/mol. The predicted octanol–water partition coefficient (Wildman–Crippen LogP) is 5.25. The number of benzene rings is 3. The first kappa shape index (κ1) is 29.3. The summed E-state index contributed by atoms with van der Waals surface area (Å²) in [7, 11) is 1.59. The minimum absolute atomic E-state index is 0.155. The largest absolute Gasteiger partial charge is 0.496 e. The molecule has 0 unspecified atom stereocenters. The van der Waals surface area contributed by atoms with Gasteiger partial charge in [-0.15, -0.1) is 0 Å². The van der Waals surface area contributed by atoms with Crippen LogP contribution in [0.1, 0.15) is 43.5 Å². The lowest BCUT2D eigenvalue weighted by molar-refractivity contribution is -0.127.